The summed E-state index contributed by atoms with van der Waals surface area (Å²) in [6.07, 6.45) is -3.13. The van der Waals surface area contributed by atoms with Crippen molar-refractivity contribution < 1.29 is 32.5 Å². The third-order valence-corrected chi connectivity index (χ3v) is 6.52. The summed E-state index contributed by atoms with van der Waals surface area (Å²) in [5.41, 5.74) is -0.318. The van der Waals surface area contributed by atoms with Gasteiger partial charge in [0.15, 0.2) is 0 Å². The number of benzene rings is 3. The lowest BCUT2D eigenvalue weighted by Crippen LogP contribution is -2.46. The number of carbonyl (C=O) groups excluding carboxylic acids is 1. The SMILES string of the molecule is O=C(c1ccc(C2(O)COC2)cc1)N1CCC(Oc2ccc3cc(C(F)(F)F)ccc3c2)CC1. The minimum atomic E-state index is -4.37. The van der Waals surface area contributed by atoms with Gasteiger partial charge in [0.2, 0.25) is 0 Å². The van der Waals surface area contributed by atoms with Crippen LogP contribution in [0.25, 0.3) is 10.8 Å². The quantitative estimate of drug-likeness (QED) is 0.596. The number of aliphatic hydroxyl groups is 1. The fraction of sp³-hybridized carbons (Fsp3) is 0.346. The van der Waals surface area contributed by atoms with Crippen molar-refractivity contribution in [2.24, 2.45) is 0 Å². The Bertz CT molecular complexity index is 1200. The second kappa shape index (κ2) is 8.60. The van der Waals surface area contributed by atoms with Crippen molar-refractivity contribution in [1.82, 2.24) is 4.90 Å². The summed E-state index contributed by atoms with van der Waals surface area (Å²) in [4.78, 5) is 14.7. The molecular weight excluding hydrogens is 447 g/mol. The molecule has 0 saturated carbocycles. The highest BCUT2D eigenvalue weighted by Gasteiger charge is 2.38. The number of hydrogen-bond acceptors (Lipinski definition) is 4. The first-order chi connectivity index (χ1) is 16.2. The van der Waals surface area contributed by atoms with Crippen molar-refractivity contribution in [3.8, 4) is 5.75 Å². The van der Waals surface area contributed by atoms with E-state index in [2.05, 4.69) is 0 Å². The van der Waals surface area contributed by atoms with Crippen molar-refractivity contribution in [3.63, 3.8) is 0 Å². The molecule has 1 N–H and O–H groups in total. The molecule has 8 heteroatoms. The van der Waals surface area contributed by atoms with Gasteiger partial charge in [-0.15, -0.1) is 0 Å². The zero-order valence-electron chi connectivity index (χ0n) is 18.3. The molecule has 1 amide bonds. The topological polar surface area (TPSA) is 59.0 Å². The smallest absolute Gasteiger partial charge is 0.416 e. The molecule has 0 aliphatic carbocycles. The third kappa shape index (κ3) is 4.48. The van der Waals surface area contributed by atoms with Crippen LogP contribution in [0.2, 0.25) is 0 Å². The van der Waals surface area contributed by atoms with Gasteiger partial charge in [-0.25, -0.2) is 0 Å². The summed E-state index contributed by atoms with van der Waals surface area (Å²) in [6.45, 7) is 1.62. The van der Waals surface area contributed by atoms with Crippen molar-refractivity contribution in [1.29, 1.82) is 0 Å². The zero-order chi connectivity index (χ0) is 23.9. The van der Waals surface area contributed by atoms with Crippen LogP contribution in [0.1, 0.15) is 34.3 Å². The van der Waals surface area contributed by atoms with Gasteiger partial charge in [0.1, 0.15) is 17.5 Å². The van der Waals surface area contributed by atoms with Crippen LogP contribution in [0.4, 0.5) is 13.2 Å². The molecule has 2 aliphatic heterocycles. The number of piperidine rings is 1. The summed E-state index contributed by atoms with van der Waals surface area (Å²) >= 11 is 0. The van der Waals surface area contributed by atoms with E-state index in [1.165, 1.54) is 6.07 Å². The summed E-state index contributed by atoms with van der Waals surface area (Å²) in [6, 6.07) is 15.7. The van der Waals surface area contributed by atoms with Crippen LogP contribution < -0.4 is 4.74 Å². The lowest BCUT2D eigenvalue weighted by molar-refractivity contribution is -0.184. The average molecular weight is 471 g/mol. The molecule has 2 aliphatic rings. The molecular formula is C26H24F3NO4. The number of fused-ring (bicyclic) bond motifs is 1. The fourth-order valence-corrected chi connectivity index (χ4v) is 4.41. The number of carbonyl (C=O) groups is 1. The normalized spacial score (nSPS) is 18.5. The van der Waals surface area contributed by atoms with Crippen molar-refractivity contribution in [2.75, 3.05) is 26.3 Å². The van der Waals surface area contributed by atoms with Gasteiger partial charge < -0.3 is 19.5 Å². The van der Waals surface area contributed by atoms with Gasteiger partial charge >= 0.3 is 6.18 Å². The summed E-state index contributed by atoms with van der Waals surface area (Å²) in [5.74, 6) is 0.540. The molecule has 0 radical (unpaired) electrons. The number of nitrogens with zero attached hydrogens (tertiary/aromatic N) is 1. The molecule has 34 heavy (non-hydrogen) atoms. The number of rotatable bonds is 4. The van der Waals surface area contributed by atoms with Crippen molar-refractivity contribution >= 4 is 16.7 Å². The molecule has 0 aromatic heterocycles. The van der Waals surface area contributed by atoms with E-state index in [0.717, 1.165) is 17.7 Å². The molecule has 5 rings (SSSR count). The van der Waals surface area contributed by atoms with Gasteiger partial charge in [0.05, 0.1) is 18.8 Å². The molecule has 0 unspecified atom stereocenters. The van der Waals surface area contributed by atoms with E-state index in [-0.39, 0.29) is 25.2 Å². The fourth-order valence-electron chi connectivity index (χ4n) is 4.41. The third-order valence-electron chi connectivity index (χ3n) is 6.52. The van der Waals surface area contributed by atoms with Crippen LogP contribution in [0.15, 0.2) is 60.7 Å². The second-order valence-electron chi connectivity index (χ2n) is 8.93. The maximum Gasteiger partial charge on any atom is 0.416 e. The maximum atomic E-state index is 12.9. The minimum Gasteiger partial charge on any atom is -0.490 e. The highest BCUT2D eigenvalue weighted by atomic mass is 19.4. The molecule has 0 spiro atoms. The second-order valence-corrected chi connectivity index (χ2v) is 8.93. The number of halogens is 3. The van der Waals surface area contributed by atoms with E-state index in [4.69, 9.17) is 9.47 Å². The predicted octanol–water partition coefficient (Wildman–Crippen LogP) is 4.76. The molecule has 2 heterocycles. The Balaban J connectivity index is 1.18. The van der Waals surface area contributed by atoms with E-state index in [1.54, 1.807) is 47.4 Å². The van der Waals surface area contributed by atoms with Gasteiger partial charge in [0, 0.05) is 31.5 Å². The molecule has 3 aromatic rings. The number of likely N-dealkylation sites (tertiary alicyclic amines) is 1. The monoisotopic (exact) mass is 471 g/mol. The van der Waals surface area contributed by atoms with E-state index in [9.17, 15) is 23.1 Å². The maximum absolute atomic E-state index is 12.9. The Kier molecular flexibility index (Phi) is 5.73. The number of hydrogen-bond donors (Lipinski definition) is 1. The van der Waals surface area contributed by atoms with Crippen LogP contribution in [0, 0.1) is 0 Å². The lowest BCUT2D eigenvalue weighted by Gasteiger charge is -2.37. The Hall–Kier alpha value is -3.10. The highest BCUT2D eigenvalue weighted by Crippen LogP contribution is 2.33. The van der Waals surface area contributed by atoms with Crippen molar-refractivity contribution in [2.45, 2.75) is 30.7 Å². The summed E-state index contributed by atoms with van der Waals surface area (Å²) < 4.78 is 49.9. The molecule has 0 bridgehead atoms. The zero-order valence-corrected chi connectivity index (χ0v) is 18.3. The molecule has 3 aromatic carbocycles. The standard InChI is InChI=1S/C26H24F3NO4/c27-26(28,29)21-7-3-19-14-23(8-4-18(19)13-21)34-22-9-11-30(12-10-22)24(31)17-1-5-20(6-2-17)25(32)15-33-16-25/h1-8,13-14,22,32H,9-12,15-16H2. The van der Waals surface area contributed by atoms with E-state index >= 15 is 0 Å². The van der Waals surface area contributed by atoms with Crippen LogP contribution in [0.3, 0.4) is 0 Å². The van der Waals surface area contributed by atoms with Crippen LogP contribution in [-0.4, -0.2) is 48.3 Å². The minimum absolute atomic E-state index is 0.0620. The lowest BCUT2D eigenvalue weighted by atomic mass is 9.91. The van der Waals surface area contributed by atoms with Gasteiger partial charge in [-0.1, -0.05) is 24.3 Å². The summed E-state index contributed by atoms with van der Waals surface area (Å²) in [7, 11) is 0. The van der Waals surface area contributed by atoms with Crippen LogP contribution in [0.5, 0.6) is 5.75 Å². The molecule has 2 fully saturated rings. The molecule has 2 saturated heterocycles. The Morgan fingerprint density at radius 1 is 0.971 bits per heavy atom. The van der Waals surface area contributed by atoms with E-state index in [0.29, 0.717) is 48.0 Å². The highest BCUT2D eigenvalue weighted by molar-refractivity contribution is 5.94. The van der Waals surface area contributed by atoms with Gasteiger partial charge in [0.25, 0.3) is 5.91 Å². The predicted molar refractivity (Wildman–Crippen MR) is 120 cm³/mol. The number of ether oxygens (including phenoxy) is 2. The van der Waals surface area contributed by atoms with E-state index in [1.807, 2.05) is 0 Å². The Morgan fingerprint density at radius 3 is 2.24 bits per heavy atom. The first-order valence-corrected chi connectivity index (χ1v) is 11.2. The van der Waals surface area contributed by atoms with Crippen LogP contribution >= 0.6 is 0 Å². The van der Waals surface area contributed by atoms with Gasteiger partial charge in [-0.2, -0.15) is 13.2 Å². The average Bonchev–Trinajstić information content (AvgIpc) is 2.82. The number of amides is 1. The molecule has 178 valence electrons. The molecule has 5 nitrogen and oxygen atoms in total. The van der Waals surface area contributed by atoms with E-state index < -0.39 is 17.3 Å². The first kappa shape index (κ1) is 22.7. The number of alkyl halides is 3. The van der Waals surface area contributed by atoms with Gasteiger partial charge in [-0.3, -0.25) is 4.79 Å². The first-order valence-electron chi connectivity index (χ1n) is 11.2. The van der Waals surface area contributed by atoms with Gasteiger partial charge in [-0.05, 0) is 52.7 Å². The van der Waals surface area contributed by atoms with Crippen LogP contribution in [-0.2, 0) is 16.5 Å². The van der Waals surface area contributed by atoms with Crippen molar-refractivity contribution in [3.05, 3.63) is 77.4 Å². The Labute approximate surface area is 194 Å². The largest absolute Gasteiger partial charge is 0.490 e. The summed E-state index contributed by atoms with van der Waals surface area (Å²) in [5, 5.41) is 11.5. The Morgan fingerprint density at radius 2 is 1.62 bits per heavy atom. The molecule has 0 atom stereocenters.